The van der Waals surface area contributed by atoms with E-state index in [0.29, 0.717) is 33.4 Å². The molecule has 1 heterocycles. The van der Waals surface area contributed by atoms with Crippen LogP contribution in [-0.4, -0.2) is 30.9 Å². The standard InChI is InChI=1S/C23H18ClN3O4/c24-16-7-11-18(12-8-16)31-14-22(29)25-17-9-5-15(6-10-17)23(30)27-13-21(28)26-19-3-1-2-4-20(19)27/h1-12H,13-14H2,(H,25,29)(H,26,28). The van der Waals surface area contributed by atoms with E-state index in [1.165, 1.54) is 4.90 Å². The molecule has 0 aromatic heterocycles. The van der Waals surface area contributed by atoms with Crippen molar-refractivity contribution in [2.75, 3.05) is 28.7 Å². The van der Waals surface area contributed by atoms with E-state index in [0.717, 1.165) is 0 Å². The van der Waals surface area contributed by atoms with Crippen molar-refractivity contribution >= 4 is 46.4 Å². The van der Waals surface area contributed by atoms with Crippen LogP contribution in [0.4, 0.5) is 17.1 Å². The number of anilines is 3. The highest BCUT2D eigenvalue weighted by molar-refractivity contribution is 6.30. The van der Waals surface area contributed by atoms with Crippen LogP contribution in [0.3, 0.4) is 0 Å². The number of rotatable bonds is 5. The number of nitrogens with one attached hydrogen (secondary N) is 2. The first kappa shape index (κ1) is 20.4. The highest BCUT2D eigenvalue weighted by Gasteiger charge is 2.27. The number of carbonyl (C=O) groups is 3. The van der Waals surface area contributed by atoms with Gasteiger partial charge in [0, 0.05) is 16.3 Å². The Balaban J connectivity index is 1.39. The van der Waals surface area contributed by atoms with Gasteiger partial charge in [0.1, 0.15) is 12.3 Å². The summed E-state index contributed by atoms with van der Waals surface area (Å²) in [6.07, 6.45) is 0. The van der Waals surface area contributed by atoms with Gasteiger partial charge in [-0.15, -0.1) is 0 Å². The maximum absolute atomic E-state index is 13.0. The van der Waals surface area contributed by atoms with Gasteiger partial charge in [0.2, 0.25) is 5.91 Å². The van der Waals surface area contributed by atoms with Crippen LogP contribution in [0.15, 0.2) is 72.8 Å². The topological polar surface area (TPSA) is 87.7 Å². The van der Waals surface area contributed by atoms with E-state index >= 15 is 0 Å². The minimum atomic E-state index is -0.337. The van der Waals surface area contributed by atoms with E-state index in [9.17, 15) is 14.4 Å². The Morgan fingerprint density at radius 2 is 1.71 bits per heavy atom. The second kappa shape index (κ2) is 8.89. The summed E-state index contributed by atoms with van der Waals surface area (Å²) in [5, 5.41) is 6.05. The first-order valence-electron chi connectivity index (χ1n) is 9.48. The largest absolute Gasteiger partial charge is 0.484 e. The van der Waals surface area contributed by atoms with Gasteiger partial charge in [0.15, 0.2) is 6.61 Å². The molecule has 3 aromatic carbocycles. The van der Waals surface area contributed by atoms with E-state index in [1.54, 1.807) is 72.8 Å². The van der Waals surface area contributed by atoms with Crippen molar-refractivity contribution in [2.45, 2.75) is 0 Å². The van der Waals surface area contributed by atoms with Gasteiger partial charge in [-0.25, -0.2) is 0 Å². The first-order chi connectivity index (χ1) is 15.0. The molecule has 0 saturated heterocycles. The molecule has 3 aromatic rings. The highest BCUT2D eigenvalue weighted by Crippen LogP contribution is 2.30. The molecule has 0 fully saturated rings. The van der Waals surface area contributed by atoms with Gasteiger partial charge in [-0.2, -0.15) is 0 Å². The van der Waals surface area contributed by atoms with Crippen molar-refractivity contribution in [3.63, 3.8) is 0 Å². The van der Waals surface area contributed by atoms with Crippen LogP contribution in [0.1, 0.15) is 10.4 Å². The van der Waals surface area contributed by atoms with Crippen LogP contribution >= 0.6 is 11.6 Å². The Kier molecular flexibility index (Phi) is 5.86. The summed E-state index contributed by atoms with van der Waals surface area (Å²) in [6.45, 7) is -0.224. The number of ether oxygens (including phenoxy) is 1. The van der Waals surface area contributed by atoms with Crippen molar-refractivity contribution in [3.05, 3.63) is 83.4 Å². The van der Waals surface area contributed by atoms with Crippen LogP contribution < -0.4 is 20.3 Å². The summed E-state index contributed by atoms with van der Waals surface area (Å²) in [5.74, 6) is -0.357. The number of hydrogen-bond acceptors (Lipinski definition) is 4. The summed E-state index contributed by atoms with van der Waals surface area (Å²) in [6, 6.07) is 20.3. The molecule has 1 aliphatic rings. The molecule has 0 atom stereocenters. The summed E-state index contributed by atoms with van der Waals surface area (Å²) >= 11 is 5.82. The highest BCUT2D eigenvalue weighted by atomic mass is 35.5. The van der Waals surface area contributed by atoms with Crippen LogP contribution in [0.5, 0.6) is 5.75 Å². The van der Waals surface area contributed by atoms with Crippen molar-refractivity contribution in [2.24, 2.45) is 0 Å². The molecule has 0 saturated carbocycles. The number of amides is 3. The maximum atomic E-state index is 13.0. The number of halogens is 1. The Morgan fingerprint density at radius 1 is 1.00 bits per heavy atom. The Bertz CT molecular complexity index is 1130. The van der Waals surface area contributed by atoms with Crippen molar-refractivity contribution in [1.82, 2.24) is 0 Å². The minimum Gasteiger partial charge on any atom is -0.484 e. The SMILES string of the molecule is O=C(COc1ccc(Cl)cc1)Nc1ccc(C(=O)N2CC(=O)Nc3ccccc32)cc1. The molecule has 3 amide bonds. The normalized spacial score (nSPS) is 12.5. The quantitative estimate of drug-likeness (QED) is 0.635. The van der Waals surface area contributed by atoms with Crippen LogP contribution in [0.2, 0.25) is 5.02 Å². The first-order valence-corrected chi connectivity index (χ1v) is 9.86. The number of hydrogen-bond donors (Lipinski definition) is 2. The van der Waals surface area contributed by atoms with Crippen LogP contribution in [0, 0.1) is 0 Å². The lowest BCUT2D eigenvalue weighted by molar-refractivity contribution is -0.118. The van der Waals surface area contributed by atoms with E-state index in [2.05, 4.69) is 10.6 Å². The zero-order valence-electron chi connectivity index (χ0n) is 16.3. The fourth-order valence-corrected chi connectivity index (χ4v) is 3.27. The molecular formula is C23H18ClN3O4. The van der Waals surface area contributed by atoms with Crippen molar-refractivity contribution in [1.29, 1.82) is 0 Å². The number of para-hydroxylation sites is 2. The summed E-state index contributed by atoms with van der Waals surface area (Å²) in [4.78, 5) is 38.5. The van der Waals surface area contributed by atoms with Crippen molar-refractivity contribution in [3.8, 4) is 5.75 Å². The van der Waals surface area contributed by atoms with Gasteiger partial charge >= 0.3 is 0 Å². The van der Waals surface area contributed by atoms with E-state index < -0.39 is 0 Å². The molecular weight excluding hydrogens is 418 g/mol. The van der Waals surface area contributed by atoms with Gasteiger partial charge in [-0.3, -0.25) is 19.3 Å². The maximum Gasteiger partial charge on any atom is 0.262 e. The lowest BCUT2D eigenvalue weighted by Crippen LogP contribution is -2.42. The van der Waals surface area contributed by atoms with Crippen LogP contribution in [0.25, 0.3) is 0 Å². The molecule has 156 valence electrons. The monoisotopic (exact) mass is 435 g/mol. The Hall–Kier alpha value is -3.84. The third-order valence-corrected chi connectivity index (χ3v) is 4.87. The average molecular weight is 436 g/mol. The predicted octanol–water partition coefficient (Wildman–Crippen LogP) is 3.96. The predicted molar refractivity (Wildman–Crippen MR) is 119 cm³/mol. The zero-order chi connectivity index (χ0) is 21.8. The average Bonchev–Trinajstić information content (AvgIpc) is 2.78. The van der Waals surface area contributed by atoms with E-state index in [4.69, 9.17) is 16.3 Å². The summed E-state index contributed by atoms with van der Waals surface area (Å²) in [5.41, 5.74) is 2.17. The molecule has 2 N–H and O–H groups in total. The fourth-order valence-electron chi connectivity index (χ4n) is 3.14. The van der Waals surface area contributed by atoms with Crippen LogP contribution in [-0.2, 0) is 9.59 Å². The number of benzene rings is 3. The van der Waals surface area contributed by atoms with Gasteiger partial charge in [0.25, 0.3) is 11.8 Å². The molecule has 0 unspecified atom stereocenters. The molecule has 1 aliphatic heterocycles. The van der Waals surface area contributed by atoms with Crippen molar-refractivity contribution < 1.29 is 19.1 Å². The van der Waals surface area contributed by atoms with Gasteiger partial charge in [-0.05, 0) is 60.7 Å². The third kappa shape index (κ3) is 4.84. The fraction of sp³-hybridized carbons (Fsp3) is 0.0870. The molecule has 0 spiro atoms. The molecule has 0 bridgehead atoms. The lowest BCUT2D eigenvalue weighted by Gasteiger charge is -2.29. The Morgan fingerprint density at radius 3 is 2.45 bits per heavy atom. The van der Waals surface area contributed by atoms with E-state index in [-0.39, 0.29) is 30.9 Å². The molecule has 0 aliphatic carbocycles. The molecule has 7 nitrogen and oxygen atoms in total. The third-order valence-electron chi connectivity index (χ3n) is 4.61. The minimum absolute atomic E-state index is 0.0592. The summed E-state index contributed by atoms with van der Waals surface area (Å²) < 4.78 is 5.41. The Labute approximate surface area is 183 Å². The number of fused-ring (bicyclic) bond motifs is 1. The smallest absolute Gasteiger partial charge is 0.262 e. The molecule has 4 rings (SSSR count). The van der Waals surface area contributed by atoms with E-state index in [1.807, 2.05) is 0 Å². The molecule has 8 heteroatoms. The van der Waals surface area contributed by atoms with Gasteiger partial charge < -0.3 is 15.4 Å². The molecule has 0 radical (unpaired) electrons. The lowest BCUT2D eigenvalue weighted by atomic mass is 10.1. The second-order valence-electron chi connectivity index (χ2n) is 6.82. The molecule has 31 heavy (non-hydrogen) atoms. The zero-order valence-corrected chi connectivity index (χ0v) is 17.1. The second-order valence-corrected chi connectivity index (χ2v) is 7.26. The number of carbonyl (C=O) groups excluding carboxylic acids is 3. The van der Waals surface area contributed by atoms with Gasteiger partial charge in [-0.1, -0.05) is 23.7 Å². The van der Waals surface area contributed by atoms with Gasteiger partial charge in [0.05, 0.1) is 11.4 Å². The number of nitrogens with zero attached hydrogens (tertiary/aromatic N) is 1. The summed E-state index contributed by atoms with van der Waals surface area (Å²) in [7, 11) is 0.